The molecule has 1 aromatic heterocycles. The SMILES string of the molecule is O=C(NC(=S)Nc1ccc(S(=O)(=O)Nc2nccs2)cc1)C1CCCCC1. The van der Waals surface area contributed by atoms with Crippen molar-refractivity contribution < 1.29 is 13.2 Å². The molecule has 144 valence electrons. The Labute approximate surface area is 167 Å². The zero-order valence-corrected chi connectivity index (χ0v) is 16.9. The number of carbonyl (C=O) groups excluding carboxylic acids is 1. The molecule has 0 aliphatic heterocycles. The quantitative estimate of drug-likeness (QED) is 0.637. The van der Waals surface area contributed by atoms with Crippen LogP contribution in [-0.2, 0) is 14.8 Å². The van der Waals surface area contributed by atoms with Crippen LogP contribution in [0.1, 0.15) is 32.1 Å². The molecule has 0 radical (unpaired) electrons. The van der Waals surface area contributed by atoms with Gasteiger partial charge in [-0.3, -0.25) is 9.52 Å². The number of hydrogen-bond acceptors (Lipinski definition) is 6. The Morgan fingerprint density at radius 1 is 1.15 bits per heavy atom. The van der Waals surface area contributed by atoms with Crippen LogP contribution in [0.5, 0.6) is 0 Å². The van der Waals surface area contributed by atoms with E-state index in [1.807, 2.05) is 0 Å². The molecule has 0 unspecified atom stereocenters. The molecule has 1 aromatic carbocycles. The lowest BCUT2D eigenvalue weighted by atomic mass is 9.89. The van der Waals surface area contributed by atoms with Gasteiger partial charge in [-0.2, -0.15) is 0 Å². The Balaban J connectivity index is 1.56. The van der Waals surface area contributed by atoms with Gasteiger partial charge in [0, 0.05) is 23.2 Å². The van der Waals surface area contributed by atoms with Gasteiger partial charge in [0.15, 0.2) is 10.2 Å². The van der Waals surface area contributed by atoms with E-state index >= 15 is 0 Å². The molecule has 2 aromatic rings. The van der Waals surface area contributed by atoms with Gasteiger partial charge >= 0.3 is 0 Å². The molecular weight excluding hydrogens is 404 g/mol. The number of amides is 1. The minimum atomic E-state index is -3.69. The number of hydrogen-bond donors (Lipinski definition) is 3. The number of thiocarbonyl (C=S) groups is 1. The summed E-state index contributed by atoms with van der Waals surface area (Å²) in [6, 6.07) is 6.11. The topological polar surface area (TPSA) is 100 Å². The number of carbonyl (C=O) groups is 1. The van der Waals surface area contributed by atoms with Crippen LogP contribution < -0.4 is 15.4 Å². The van der Waals surface area contributed by atoms with Crippen LogP contribution in [0.3, 0.4) is 0 Å². The third kappa shape index (κ3) is 5.47. The number of benzene rings is 1. The van der Waals surface area contributed by atoms with Crippen molar-refractivity contribution in [1.82, 2.24) is 10.3 Å². The monoisotopic (exact) mass is 424 g/mol. The highest BCUT2D eigenvalue weighted by atomic mass is 32.2. The van der Waals surface area contributed by atoms with Crippen molar-refractivity contribution in [3.05, 3.63) is 35.8 Å². The lowest BCUT2D eigenvalue weighted by molar-refractivity contribution is -0.124. The van der Waals surface area contributed by atoms with Gasteiger partial charge < -0.3 is 10.6 Å². The fourth-order valence-corrected chi connectivity index (χ4v) is 4.91. The van der Waals surface area contributed by atoms with Crippen LogP contribution in [0, 0.1) is 5.92 Å². The van der Waals surface area contributed by atoms with Crippen LogP contribution in [0.15, 0.2) is 40.7 Å². The highest BCUT2D eigenvalue weighted by molar-refractivity contribution is 7.93. The molecule has 10 heteroatoms. The van der Waals surface area contributed by atoms with E-state index < -0.39 is 10.0 Å². The number of nitrogens with zero attached hydrogens (tertiary/aromatic N) is 1. The predicted octanol–water partition coefficient (Wildman–Crippen LogP) is 3.34. The molecule has 1 fully saturated rings. The van der Waals surface area contributed by atoms with Crippen LogP contribution >= 0.6 is 23.6 Å². The van der Waals surface area contributed by atoms with E-state index in [-0.39, 0.29) is 21.8 Å². The Hall–Kier alpha value is -2.04. The molecule has 27 heavy (non-hydrogen) atoms. The lowest BCUT2D eigenvalue weighted by Crippen LogP contribution is -2.38. The van der Waals surface area contributed by atoms with E-state index in [9.17, 15) is 13.2 Å². The fraction of sp³-hybridized carbons (Fsp3) is 0.353. The minimum Gasteiger partial charge on any atom is -0.332 e. The summed E-state index contributed by atoms with van der Waals surface area (Å²) >= 11 is 6.39. The number of aromatic nitrogens is 1. The summed E-state index contributed by atoms with van der Waals surface area (Å²) in [5, 5.41) is 7.83. The predicted molar refractivity (Wildman–Crippen MR) is 110 cm³/mol. The first-order valence-corrected chi connectivity index (χ1v) is 11.4. The molecule has 1 amide bonds. The summed E-state index contributed by atoms with van der Waals surface area (Å²) in [7, 11) is -3.69. The smallest absolute Gasteiger partial charge is 0.263 e. The molecular formula is C17H20N4O3S3. The molecule has 0 saturated heterocycles. The second-order valence-electron chi connectivity index (χ2n) is 6.25. The zero-order chi connectivity index (χ0) is 19.3. The van der Waals surface area contributed by atoms with Crippen molar-refractivity contribution in [1.29, 1.82) is 0 Å². The molecule has 7 nitrogen and oxygen atoms in total. The van der Waals surface area contributed by atoms with E-state index in [0.29, 0.717) is 10.8 Å². The van der Waals surface area contributed by atoms with Gasteiger partial charge in [-0.1, -0.05) is 19.3 Å². The number of nitrogens with one attached hydrogen (secondary N) is 3. The molecule has 3 N–H and O–H groups in total. The maximum atomic E-state index is 12.3. The normalized spacial score (nSPS) is 15.1. The third-order valence-electron chi connectivity index (χ3n) is 4.29. The number of sulfonamides is 1. The van der Waals surface area contributed by atoms with Gasteiger partial charge in [0.2, 0.25) is 5.91 Å². The average molecular weight is 425 g/mol. The average Bonchev–Trinajstić information content (AvgIpc) is 3.15. The summed E-state index contributed by atoms with van der Waals surface area (Å²) in [6.45, 7) is 0. The van der Waals surface area contributed by atoms with Gasteiger partial charge in [0.1, 0.15) is 0 Å². The molecule has 3 rings (SSSR count). The highest BCUT2D eigenvalue weighted by Gasteiger charge is 2.21. The van der Waals surface area contributed by atoms with Crippen molar-refractivity contribution in [3.63, 3.8) is 0 Å². The highest BCUT2D eigenvalue weighted by Crippen LogP contribution is 2.24. The van der Waals surface area contributed by atoms with E-state index in [0.717, 1.165) is 25.7 Å². The third-order valence-corrected chi connectivity index (χ3v) is 6.67. The second kappa shape index (κ2) is 8.77. The first-order valence-electron chi connectivity index (χ1n) is 8.58. The molecule has 1 aliphatic rings. The molecule has 0 bridgehead atoms. The molecule has 0 spiro atoms. The summed E-state index contributed by atoms with van der Waals surface area (Å²) in [6.07, 6.45) is 6.64. The van der Waals surface area contributed by atoms with Crippen LogP contribution in [0.4, 0.5) is 10.8 Å². The standard InChI is InChI=1S/C17H20N4O3S3/c22-15(12-4-2-1-3-5-12)20-16(25)19-13-6-8-14(9-7-13)27(23,24)21-17-18-10-11-26-17/h6-12H,1-5H2,(H,18,21)(H2,19,20,22,25). The fourth-order valence-electron chi connectivity index (χ4n) is 2.91. The molecule has 1 saturated carbocycles. The van der Waals surface area contributed by atoms with Gasteiger partial charge in [-0.05, 0) is 49.3 Å². The Kier molecular flexibility index (Phi) is 6.40. The maximum absolute atomic E-state index is 12.3. The van der Waals surface area contributed by atoms with Gasteiger partial charge in [-0.15, -0.1) is 11.3 Å². The second-order valence-corrected chi connectivity index (χ2v) is 9.23. The van der Waals surface area contributed by atoms with Crippen molar-refractivity contribution >= 4 is 55.4 Å². The first kappa shape index (κ1) is 19.7. The summed E-state index contributed by atoms with van der Waals surface area (Å²) in [5.41, 5.74) is 0.595. The van der Waals surface area contributed by atoms with Crippen LogP contribution in [0.2, 0.25) is 0 Å². The van der Waals surface area contributed by atoms with Gasteiger partial charge in [-0.25, -0.2) is 13.4 Å². The van der Waals surface area contributed by atoms with Gasteiger partial charge in [0.05, 0.1) is 4.90 Å². The minimum absolute atomic E-state index is 0.0166. The molecule has 1 aliphatic carbocycles. The number of thiazole rings is 1. The van der Waals surface area contributed by atoms with Gasteiger partial charge in [0.25, 0.3) is 10.0 Å². The van der Waals surface area contributed by atoms with Crippen molar-refractivity contribution in [2.24, 2.45) is 5.92 Å². The van der Waals surface area contributed by atoms with Crippen molar-refractivity contribution in [2.45, 2.75) is 37.0 Å². The van der Waals surface area contributed by atoms with E-state index in [4.69, 9.17) is 12.2 Å². The van der Waals surface area contributed by atoms with Crippen molar-refractivity contribution in [2.75, 3.05) is 10.0 Å². The first-order chi connectivity index (χ1) is 12.9. The number of rotatable bonds is 5. The zero-order valence-electron chi connectivity index (χ0n) is 14.5. The van der Waals surface area contributed by atoms with E-state index in [2.05, 4.69) is 20.3 Å². The maximum Gasteiger partial charge on any atom is 0.263 e. The lowest BCUT2D eigenvalue weighted by Gasteiger charge is -2.21. The van der Waals surface area contributed by atoms with E-state index in [1.54, 1.807) is 17.5 Å². The molecule has 1 heterocycles. The summed E-state index contributed by atoms with van der Waals surface area (Å²) < 4.78 is 27.0. The van der Waals surface area contributed by atoms with Crippen LogP contribution in [-0.4, -0.2) is 24.4 Å². The Bertz CT molecular complexity index is 890. The summed E-state index contributed by atoms with van der Waals surface area (Å²) in [4.78, 5) is 16.2. The largest absolute Gasteiger partial charge is 0.332 e. The summed E-state index contributed by atoms with van der Waals surface area (Å²) in [5.74, 6) is -0.0398. The van der Waals surface area contributed by atoms with Crippen LogP contribution in [0.25, 0.3) is 0 Å². The van der Waals surface area contributed by atoms with Crippen molar-refractivity contribution in [3.8, 4) is 0 Å². The Morgan fingerprint density at radius 3 is 2.48 bits per heavy atom. The molecule has 0 atom stereocenters. The number of anilines is 2. The Morgan fingerprint density at radius 2 is 1.85 bits per heavy atom. The van der Waals surface area contributed by atoms with E-state index in [1.165, 1.54) is 36.1 Å².